The molecule has 96 valence electrons. The molecule has 2 aliphatic rings. The molecule has 1 saturated heterocycles. The highest BCUT2D eigenvalue weighted by atomic mass is 19.1. The SMILES string of the molecule is O=C([C@H]1C[C@H]1c1cccc(F)c1)N1CCNCC1. The van der Waals surface area contributed by atoms with Gasteiger partial charge in [-0.1, -0.05) is 12.1 Å². The number of nitrogens with one attached hydrogen (secondary N) is 1. The molecule has 1 aliphatic heterocycles. The summed E-state index contributed by atoms with van der Waals surface area (Å²) in [7, 11) is 0. The Bertz CT molecular complexity index is 457. The van der Waals surface area contributed by atoms with Gasteiger partial charge in [0, 0.05) is 32.1 Å². The van der Waals surface area contributed by atoms with Crippen LogP contribution in [-0.2, 0) is 4.79 Å². The van der Waals surface area contributed by atoms with Crippen molar-refractivity contribution in [2.75, 3.05) is 26.2 Å². The second kappa shape index (κ2) is 4.69. The lowest BCUT2D eigenvalue weighted by Gasteiger charge is -2.27. The van der Waals surface area contributed by atoms with Crippen LogP contribution in [0.3, 0.4) is 0 Å². The van der Waals surface area contributed by atoms with Crippen molar-refractivity contribution in [1.29, 1.82) is 0 Å². The lowest BCUT2D eigenvalue weighted by Crippen LogP contribution is -2.47. The van der Waals surface area contributed by atoms with Crippen molar-refractivity contribution in [2.45, 2.75) is 12.3 Å². The van der Waals surface area contributed by atoms with E-state index in [1.54, 1.807) is 12.1 Å². The minimum atomic E-state index is -0.215. The van der Waals surface area contributed by atoms with Gasteiger partial charge < -0.3 is 10.2 Å². The summed E-state index contributed by atoms with van der Waals surface area (Å²) in [6.07, 6.45) is 0.867. The van der Waals surface area contributed by atoms with E-state index in [0.717, 1.165) is 38.2 Å². The van der Waals surface area contributed by atoms with Crippen LogP contribution in [-0.4, -0.2) is 37.0 Å². The molecule has 3 nitrogen and oxygen atoms in total. The summed E-state index contributed by atoms with van der Waals surface area (Å²) >= 11 is 0. The second-order valence-electron chi connectivity index (χ2n) is 5.08. The monoisotopic (exact) mass is 248 g/mol. The topological polar surface area (TPSA) is 32.3 Å². The van der Waals surface area contributed by atoms with Gasteiger partial charge in [-0.05, 0) is 30.0 Å². The third kappa shape index (κ3) is 2.25. The number of hydrogen-bond acceptors (Lipinski definition) is 2. The number of benzene rings is 1. The predicted octanol–water partition coefficient (Wildman–Crippen LogP) is 1.36. The molecule has 0 aromatic heterocycles. The van der Waals surface area contributed by atoms with E-state index < -0.39 is 0 Å². The number of nitrogens with zero attached hydrogens (tertiary/aromatic N) is 1. The number of amides is 1. The van der Waals surface area contributed by atoms with Crippen LogP contribution >= 0.6 is 0 Å². The standard InChI is InChI=1S/C14H17FN2O/c15-11-3-1-2-10(8-11)12-9-13(12)14(18)17-6-4-16-5-7-17/h1-3,8,12-13,16H,4-7,9H2/t12-,13-/m0/s1. The van der Waals surface area contributed by atoms with Crippen molar-refractivity contribution < 1.29 is 9.18 Å². The van der Waals surface area contributed by atoms with Crippen molar-refractivity contribution >= 4 is 5.91 Å². The first-order valence-corrected chi connectivity index (χ1v) is 6.50. The number of carbonyl (C=O) groups excluding carboxylic acids is 1. The fraction of sp³-hybridized carbons (Fsp3) is 0.500. The minimum absolute atomic E-state index is 0.0740. The molecule has 1 N–H and O–H groups in total. The molecule has 18 heavy (non-hydrogen) atoms. The fourth-order valence-corrected chi connectivity index (χ4v) is 2.69. The summed E-state index contributed by atoms with van der Waals surface area (Å²) in [4.78, 5) is 14.2. The van der Waals surface area contributed by atoms with Gasteiger partial charge in [-0.3, -0.25) is 4.79 Å². The van der Waals surface area contributed by atoms with Gasteiger partial charge in [0.25, 0.3) is 0 Å². The molecule has 1 amide bonds. The molecule has 0 unspecified atom stereocenters. The van der Waals surface area contributed by atoms with Crippen LogP contribution in [0.4, 0.5) is 4.39 Å². The average molecular weight is 248 g/mol. The van der Waals surface area contributed by atoms with Gasteiger partial charge in [-0.15, -0.1) is 0 Å². The molecular weight excluding hydrogens is 231 g/mol. The van der Waals surface area contributed by atoms with Crippen molar-refractivity contribution in [3.8, 4) is 0 Å². The quantitative estimate of drug-likeness (QED) is 0.857. The van der Waals surface area contributed by atoms with E-state index in [2.05, 4.69) is 5.32 Å². The van der Waals surface area contributed by atoms with Crippen LogP contribution in [0, 0.1) is 11.7 Å². The van der Waals surface area contributed by atoms with Crippen molar-refractivity contribution in [1.82, 2.24) is 10.2 Å². The summed E-state index contributed by atoms with van der Waals surface area (Å²) in [6.45, 7) is 3.35. The number of rotatable bonds is 2. The summed E-state index contributed by atoms with van der Waals surface area (Å²) in [5.74, 6) is 0.325. The average Bonchev–Trinajstić information content (AvgIpc) is 3.19. The zero-order valence-corrected chi connectivity index (χ0v) is 10.2. The van der Waals surface area contributed by atoms with E-state index in [4.69, 9.17) is 0 Å². The van der Waals surface area contributed by atoms with Crippen molar-refractivity contribution in [2.24, 2.45) is 5.92 Å². The van der Waals surface area contributed by atoms with E-state index in [1.165, 1.54) is 6.07 Å². The first-order chi connectivity index (χ1) is 8.75. The highest BCUT2D eigenvalue weighted by Crippen LogP contribution is 2.48. The predicted molar refractivity (Wildman–Crippen MR) is 66.7 cm³/mol. The zero-order chi connectivity index (χ0) is 12.5. The van der Waals surface area contributed by atoms with Crippen molar-refractivity contribution in [3.05, 3.63) is 35.6 Å². The molecule has 2 fully saturated rings. The molecule has 4 heteroatoms. The Balaban J connectivity index is 1.64. The van der Waals surface area contributed by atoms with Gasteiger partial charge in [-0.2, -0.15) is 0 Å². The third-order valence-electron chi connectivity index (χ3n) is 3.81. The highest BCUT2D eigenvalue weighted by molar-refractivity contribution is 5.83. The maximum Gasteiger partial charge on any atom is 0.226 e. The summed E-state index contributed by atoms with van der Waals surface area (Å²) in [5.41, 5.74) is 0.962. The molecule has 1 saturated carbocycles. The van der Waals surface area contributed by atoms with Crippen LogP contribution in [0.15, 0.2) is 24.3 Å². The first-order valence-electron chi connectivity index (χ1n) is 6.50. The summed E-state index contributed by atoms with van der Waals surface area (Å²) < 4.78 is 13.1. The smallest absolute Gasteiger partial charge is 0.226 e. The van der Waals surface area contributed by atoms with Crippen LogP contribution in [0.5, 0.6) is 0 Å². The first kappa shape index (κ1) is 11.7. The Kier molecular flexibility index (Phi) is 3.04. The number of hydrogen-bond donors (Lipinski definition) is 1. The Labute approximate surface area is 106 Å². The molecule has 1 aromatic rings. The van der Waals surface area contributed by atoms with Crippen LogP contribution in [0.25, 0.3) is 0 Å². The van der Waals surface area contributed by atoms with Crippen LogP contribution in [0.2, 0.25) is 0 Å². The minimum Gasteiger partial charge on any atom is -0.340 e. The molecule has 2 atom stereocenters. The van der Waals surface area contributed by atoms with E-state index in [0.29, 0.717) is 0 Å². The highest BCUT2D eigenvalue weighted by Gasteiger charge is 2.45. The van der Waals surface area contributed by atoms with E-state index in [1.807, 2.05) is 11.0 Å². The second-order valence-corrected chi connectivity index (χ2v) is 5.08. The van der Waals surface area contributed by atoms with E-state index in [-0.39, 0.29) is 23.6 Å². The van der Waals surface area contributed by atoms with Gasteiger partial charge in [0.05, 0.1) is 0 Å². The molecule has 1 heterocycles. The van der Waals surface area contributed by atoms with Crippen molar-refractivity contribution in [3.63, 3.8) is 0 Å². The molecule has 0 spiro atoms. The van der Waals surface area contributed by atoms with Crippen LogP contribution in [0.1, 0.15) is 17.9 Å². The zero-order valence-electron chi connectivity index (χ0n) is 10.2. The number of carbonyl (C=O) groups is 1. The molecule has 1 aromatic carbocycles. The fourth-order valence-electron chi connectivity index (χ4n) is 2.69. The number of halogens is 1. The third-order valence-corrected chi connectivity index (χ3v) is 3.81. The Morgan fingerprint density at radius 2 is 2.11 bits per heavy atom. The van der Waals surface area contributed by atoms with Gasteiger partial charge in [0.15, 0.2) is 0 Å². The molecule has 0 bridgehead atoms. The van der Waals surface area contributed by atoms with Gasteiger partial charge in [-0.25, -0.2) is 4.39 Å². The molecule has 1 aliphatic carbocycles. The van der Waals surface area contributed by atoms with Gasteiger partial charge in [0.2, 0.25) is 5.91 Å². The lowest BCUT2D eigenvalue weighted by molar-refractivity contribution is -0.133. The van der Waals surface area contributed by atoms with Crippen LogP contribution < -0.4 is 5.32 Å². The van der Waals surface area contributed by atoms with E-state index >= 15 is 0 Å². The molecule has 3 rings (SSSR count). The summed E-state index contributed by atoms with van der Waals surface area (Å²) in [5, 5.41) is 3.24. The lowest BCUT2D eigenvalue weighted by atomic mass is 10.1. The largest absolute Gasteiger partial charge is 0.340 e. The maximum atomic E-state index is 13.1. The maximum absolute atomic E-state index is 13.1. The van der Waals surface area contributed by atoms with Gasteiger partial charge in [0.1, 0.15) is 5.82 Å². The Morgan fingerprint density at radius 3 is 2.83 bits per heavy atom. The molecular formula is C14H17FN2O. The Morgan fingerprint density at radius 1 is 1.33 bits per heavy atom. The summed E-state index contributed by atoms with van der Waals surface area (Å²) in [6, 6.07) is 6.63. The molecule has 0 radical (unpaired) electrons. The van der Waals surface area contributed by atoms with E-state index in [9.17, 15) is 9.18 Å². The van der Waals surface area contributed by atoms with Gasteiger partial charge >= 0.3 is 0 Å². The number of piperazine rings is 1. The normalized spacial score (nSPS) is 27.1. The Hall–Kier alpha value is -1.42.